The molecule has 0 aromatic heterocycles. The van der Waals surface area contributed by atoms with Gasteiger partial charge in [0, 0.05) is 0 Å². The standard InChI is InChI=1S/C28H27BO2/c1-27(2)28(3,4)31-29(30-27)26-18-24(20-10-6-5-7-11-20)17-25(19-26)23-15-14-21-12-8-9-13-22(21)16-23/h5-19H,1-4H3. The van der Waals surface area contributed by atoms with Gasteiger partial charge in [0.1, 0.15) is 0 Å². The Hall–Kier alpha value is -2.88. The molecule has 1 aliphatic rings. The first-order valence-corrected chi connectivity index (χ1v) is 10.9. The third-order valence-corrected chi connectivity index (χ3v) is 6.67. The van der Waals surface area contributed by atoms with Crippen LogP contribution < -0.4 is 5.46 Å². The highest BCUT2D eigenvalue weighted by molar-refractivity contribution is 6.62. The summed E-state index contributed by atoms with van der Waals surface area (Å²) in [5, 5.41) is 2.49. The van der Waals surface area contributed by atoms with Crippen molar-refractivity contribution in [3.63, 3.8) is 0 Å². The summed E-state index contributed by atoms with van der Waals surface area (Å²) in [5.74, 6) is 0. The summed E-state index contributed by atoms with van der Waals surface area (Å²) >= 11 is 0. The molecule has 1 fully saturated rings. The molecular weight excluding hydrogens is 379 g/mol. The zero-order chi connectivity index (χ0) is 21.6. The summed E-state index contributed by atoms with van der Waals surface area (Å²) in [6, 6.07) is 32.3. The van der Waals surface area contributed by atoms with E-state index in [0.717, 1.165) is 16.6 Å². The highest BCUT2D eigenvalue weighted by Crippen LogP contribution is 2.37. The molecule has 0 N–H and O–H groups in total. The summed E-state index contributed by atoms with van der Waals surface area (Å²) in [5.41, 5.74) is 5.00. The summed E-state index contributed by atoms with van der Waals surface area (Å²) in [7, 11) is -0.395. The van der Waals surface area contributed by atoms with Crippen molar-refractivity contribution < 1.29 is 9.31 Å². The van der Waals surface area contributed by atoms with Crippen LogP contribution in [0.4, 0.5) is 0 Å². The van der Waals surface area contributed by atoms with E-state index in [9.17, 15) is 0 Å². The number of rotatable bonds is 3. The molecule has 154 valence electrons. The maximum absolute atomic E-state index is 6.38. The van der Waals surface area contributed by atoms with Gasteiger partial charge >= 0.3 is 7.12 Å². The van der Waals surface area contributed by atoms with Crippen molar-refractivity contribution in [2.24, 2.45) is 0 Å². The number of benzene rings is 4. The Morgan fingerprint density at radius 3 is 1.77 bits per heavy atom. The van der Waals surface area contributed by atoms with Gasteiger partial charge in [-0.1, -0.05) is 78.9 Å². The van der Waals surface area contributed by atoms with Crippen LogP contribution in [0, 0.1) is 0 Å². The van der Waals surface area contributed by atoms with Crippen molar-refractivity contribution in [3.8, 4) is 22.3 Å². The highest BCUT2D eigenvalue weighted by atomic mass is 16.7. The second-order valence-electron chi connectivity index (χ2n) is 9.36. The minimum Gasteiger partial charge on any atom is -0.399 e. The summed E-state index contributed by atoms with van der Waals surface area (Å²) < 4.78 is 12.8. The molecule has 2 nitrogen and oxygen atoms in total. The van der Waals surface area contributed by atoms with Crippen LogP contribution in [0.5, 0.6) is 0 Å². The minimum atomic E-state index is -0.395. The predicted octanol–water partition coefficient (Wildman–Crippen LogP) is 6.47. The lowest BCUT2D eigenvalue weighted by Crippen LogP contribution is -2.41. The van der Waals surface area contributed by atoms with E-state index in [-0.39, 0.29) is 11.2 Å². The van der Waals surface area contributed by atoms with E-state index in [1.54, 1.807) is 0 Å². The molecule has 31 heavy (non-hydrogen) atoms. The van der Waals surface area contributed by atoms with E-state index in [1.807, 2.05) is 6.07 Å². The molecule has 0 unspecified atom stereocenters. The average molecular weight is 406 g/mol. The van der Waals surface area contributed by atoms with Crippen molar-refractivity contribution in [1.29, 1.82) is 0 Å². The van der Waals surface area contributed by atoms with E-state index >= 15 is 0 Å². The highest BCUT2D eigenvalue weighted by Gasteiger charge is 2.51. The van der Waals surface area contributed by atoms with Crippen molar-refractivity contribution in [2.75, 3.05) is 0 Å². The predicted molar refractivity (Wildman–Crippen MR) is 131 cm³/mol. The zero-order valence-electron chi connectivity index (χ0n) is 18.6. The van der Waals surface area contributed by atoms with Gasteiger partial charge in [0.15, 0.2) is 0 Å². The summed E-state index contributed by atoms with van der Waals surface area (Å²) in [4.78, 5) is 0. The Bertz CT molecular complexity index is 1230. The molecule has 0 saturated carbocycles. The van der Waals surface area contributed by atoms with Gasteiger partial charge in [0.25, 0.3) is 0 Å². The molecule has 0 spiro atoms. The van der Waals surface area contributed by atoms with Crippen LogP contribution in [-0.2, 0) is 9.31 Å². The normalized spacial score (nSPS) is 17.2. The van der Waals surface area contributed by atoms with E-state index in [0.29, 0.717) is 0 Å². The third kappa shape index (κ3) is 3.69. The maximum atomic E-state index is 6.38. The lowest BCUT2D eigenvalue weighted by molar-refractivity contribution is 0.00578. The first kappa shape index (κ1) is 20.1. The molecule has 4 aromatic carbocycles. The lowest BCUT2D eigenvalue weighted by Gasteiger charge is -2.32. The largest absolute Gasteiger partial charge is 0.494 e. The van der Waals surface area contributed by atoms with Crippen LogP contribution in [0.1, 0.15) is 27.7 Å². The quantitative estimate of drug-likeness (QED) is 0.363. The number of fused-ring (bicyclic) bond motifs is 1. The Kier molecular flexibility index (Phi) is 4.77. The molecule has 4 aromatic rings. The van der Waals surface area contributed by atoms with Gasteiger partial charge in [0.05, 0.1) is 11.2 Å². The molecule has 3 heteroatoms. The molecule has 0 radical (unpaired) electrons. The molecule has 0 atom stereocenters. The van der Waals surface area contributed by atoms with E-state index in [1.165, 1.54) is 21.9 Å². The molecule has 1 saturated heterocycles. The van der Waals surface area contributed by atoms with Gasteiger partial charge in [-0.15, -0.1) is 0 Å². The maximum Gasteiger partial charge on any atom is 0.494 e. The fourth-order valence-electron chi connectivity index (χ4n) is 4.10. The van der Waals surface area contributed by atoms with Crippen LogP contribution in [0.15, 0.2) is 91.0 Å². The second-order valence-corrected chi connectivity index (χ2v) is 9.36. The molecule has 5 rings (SSSR count). The van der Waals surface area contributed by atoms with Crippen molar-refractivity contribution in [1.82, 2.24) is 0 Å². The van der Waals surface area contributed by atoms with Crippen molar-refractivity contribution in [3.05, 3.63) is 91.0 Å². The second kappa shape index (κ2) is 7.37. The number of hydrogen-bond donors (Lipinski definition) is 0. The van der Waals surface area contributed by atoms with Crippen LogP contribution in [0.3, 0.4) is 0 Å². The number of hydrogen-bond acceptors (Lipinski definition) is 2. The van der Waals surface area contributed by atoms with Gasteiger partial charge < -0.3 is 9.31 Å². The SMILES string of the molecule is CC1(C)OB(c2cc(-c3ccccc3)cc(-c3ccc4ccccc4c3)c2)OC1(C)C. The molecule has 1 aliphatic heterocycles. The lowest BCUT2D eigenvalue weighted by atomic mass is 9.76. The van der Waals surface area contributed by atoms with Gasteiger partial charge in [-0.2, -0.15) is 0 Å². The van der Waals surface area contributed by atoms with E-state index in [2.05, 4.69) is 113 Å². The van der Waals surface area contributed by atoms with E-state index < -0.39 is 7.12 Å². The van der Waals surface area contributed by atoms with Gasteiger partial charge in [0.2, 0.25) is 0 Å². The van der Waals surface area contributed by atoms with Crippen LogP contribution in [0.25, 0.3) is 33.0 Å². The molecule has 0 aliphatic carbocycles. The summed E-state index contributed by atoms with van der Waals surface area (Å²) in [6.45, 7) is 8.38. The van der Waals surface area contributed by atoms with Crippen LogP contribution in [-0.4, -0.2) is 18.3 Å². The average Bonchev–Trinajstić information content (AvgIpc) is 3.00. The van der Waals surface area contributed by atoms with Crippen molar-refractivity contribution >= 4 is 23.4 Å². The van der Waals surface area contributed by atoms with Crippen molar-refractivity contribution in [2.45, 2.75) is 38.9 Å². The van der Waals surface area contributed by atoms with Crippen LogP contribution in [0.2, 0.25) is 0 Å². The monoisotopic (exact) mass is 406 g/mol. The first-order chi connectivity index (χ1) is 14.8. The Balaban J connectivity index is 1.65. The Morgan fingerprint density at radius 1 is 0.516 bits per heavy atom. The third-order valence-electron chi connectivity index (χ3n) is 6.67. The minimum absolute atomic E-state index is 0.371. The van der Waals surface area contributed by atoms with Gasteiger partial charge in [-0.05, 0) is 78.3 Å². The fourth-order valence-corrected chi connectivity index (χ4v) is 4.10. The van der Waals surface area contributed by atoms with Crippen LogP contribution >= 0.6 is 0 Å². The Labute approximate surface area is 185 Å². The molecule has 1 heterocycles. The van der Waals surface area contributed by atoms with E-state index in [4.69, 9.17) is 9.31 Å². The first-order valence-electron chi connectivity index (χ1n) is 10.9. The molecule has 0 amide bonds. The zero-order valence-corrected chi connectivity index (χ0v) is 18.6. The Morgan fingerprint density at radius 2 is 1.10 bits per heavy atom. The fraction of sp³-hybridized carbons (Fsp3) is 0.214. The van der Waals surface area contributed by atoms with Gasteiger partial charge in [-0.3, -0.25) is 0 Å². The smallest absolute Gasteiger partial charge is 0.399 e. The molecular formula is C28H27BO2. The summed E-state index contributed by atoms with van der Waals surface area (Å²) in [6.07, 6.45) is 0. The topological polar surface area (TPSA) is 18.5 Å². The van der Waals surface area contributed by atoms with Gasteiger partial charge in [-0.25, -0.2) is 0 Å². The molecule has 0 bridgehead atoms.